The van der Waals surface area contributed by atoms with Gasteiger partial charge in [0.05, 0.1) is 0 Å². The molecule has 5 heteroatoms. The van der Waals surface area contributed by atoms with Gasteiger partial charge in [0, 0.05) is 17.8 Å². The number of hydrogen-bond acceptors (Lipinski definition) is 1. The lowest BCUT2D eigenvalue weighted by Crippen LogP contribution is -2.15. The summed E-state index contributed by atoms with van der Waals surface area (Å²) in [4.78, 5) is 13.2. The number of rotatable bonds is 1. The molecule has 1 heterocycles. The summed E-state index contributed by atoms with van der Waals surface area (Å²) in [6, 6.07) is 0.532. The van der Waals surface area contributed by atoms with Gasteiger partial charge in [-0.25, -0.2) is 0 Å². The largest absolute Gasteiger partial charge is 0.431 e. The molecule has 1 rings (SSSR count). The minimum absolute atomic E-state index is 0.165. The quantitative estimate of drug-likeness (QED) is 0.747. The fraction of sp³-hybridized carbons (Fsp3) is 0.222. The van der Waals surface area contributed by atoms with Crippen LogP contribution in [-0.2, 0) is 6.18 Å². The Morgan fingerprint density at radius 1 is 1.50 bits per heavy atom. The normalized spacial score (nSPS) is 11.4. The monoisotopic (exact) mass is 203 g/mol. The van der Waals surface area contributed by atoms with Crippen molar-refractivity contribution in [3.05, 3.63) is 40.3 Å². The number of allylic oxidation sites excluding steroid dienone is 1. The Morgan fingerprint density at radius 3 is 2.43 bits per heavy atom. The second-order valence-corrected chi connectivity index (χ2v) is 2.90. The Kier molecular flexibility index (Phi) is 2.51. The van der Waals surface area contributed by atoms with E-state index in [1.165, 1.54) is 0 Å². The van der Waals surface area contributed by atoms with Crippen LogP contribution < -0.4 is 5.43 Å². The van der Waals surface area contributed by atoms with Crippen LogP contribution in [0.3, 0.4) is 0 Å². The molecule has 0 aromatic carbocycles. The number of nitrogens with one attached hydrogen (secondary N) is 1. The van der Waals surface area contributed by atoms with E-state index >= 15 is 0 Å². The Hall–Kier alpha value is -1.52. The maximum absolute atomic E-state index is 12.1. The smallest absolute Gasteiger partial charge is 0.357 e. The van der Waals surface area contributed by atoms with Crippen LogP contribution >= 0.6 is 0 Å². The summed E-state index contributed by atoms with van der Waals surface area (Å²) in [5, 5.41) is 0. The number of halogens is 3. The summed E-state index contributed by atoms with van der Waals surface area (Å²) in [5.41, 5.74) is -1.13. The molecule has 0 fully saturated rings. The second kappa shape index (κ2) is 3.32. The van der Waals surface area contributed by atoms with Crippen LogP contribution in [0.2, 0.25) is 0 Å². The van der Waals surface area contributed by atoms with Crippen LogP contribution in [0.4, 0.5) is 13.2 Å². The molecule has 1 aromatic heterocycles. The average Bonchev–Trinajstić information content (AvgIpc) is 2.01. The van der Waals surface area contributed by atoms with Crippen molar-refractivity contribution < 1.29 is 13.2 Å². The standard InChI is InChI=1S/C9H8F3NO/c1-5(2)6-4-13-8(3-7(6)14)9(10,11)12/h3-4H,1H2,2H3,(H,13,14). The number of aromatic nitrogens is 1. The zero-order chi connectivity index (χ0) is 10.9. The van der Waals surface area contributed by atoms with Gasteiger partial charge in [-0.1, -0.05) is 6.58 Å². The minimum Gasteiger partial charge on any atom is -0.357 e. The number of aromatic amines is 1. The molecule has 0 aliphatic rings. The Bertz CT molecular complexity index is 417. The molecule has 0 saturated heterocycles. The average molecular weight is 203 g/mol. The molecule has 0 atom stereocenters. The second-order valence-electron chi connectivity index (χ2n) is 2.90. The third-order valence-corrected chi connectivity index (χ3v) is 1.68. The first-order valence-corrected chi connectivity index (χ1v) is 3.78. The summed E-state index contributed by atoms with van der Waals surface area (Å²) in [5.74, 6) is 0. The SMILES string of the molecule is C=C(C)c1c[nH]c(C(F)(F)F)cc1=O. The van der Waals surface area contributed by atoms with Crippen molar-refractivity contribution in [1.29, 1.82) is 0 Å². The minimum atomic E-state index is -4.52. The van der Waals surface area contributed by atoms with E-state index in [2.05, 4.69) is 6.58 Å². The zero-order valence-corrected chi connectivity index (χ0v) is 7.40. The zero-order valence-electron chi connectivity index (χ0n) is 7.40. The van der Waals surface area contributed by atoms with E-state index in [-0.39, 0.29) is 5.56 Å². The number of H-pyrrole nitrogens is 1. The highest BCUT2D eigenvalue weighted by Gasteiger charge is 2.31. The topological polar surface area (TPSA) is 32.9 Å². The van der Waals surface area contributed by atoms with Crippen LogP contribution in [0.1, 0.15) is 18.2 Å². The van der Waals surface area contributed by atoms with Crippen LogP contribution in [0, 0.1) is 0 Å². The van der Waals surface area contributed by atoms with Gasteiger partial charge in [0.25, 0.3) is 0 Å². The first kappa shape index (κ1) is 10.6. The third kappa shape index (κ3) is 2.04. The molecule has 0 bridgehead atoms. The maximum Gasteiger partial charge on any atom is 0.431 e. The maximum atomic E-state index is 12.1. The van der Waals surface area contributed by atoms with Crippen molar-refractivity contribution in [1.82, 2.24) is 4.98 Å². The van der Waals surface area contributed by atoms with E-state index in [9.17, 15) is 18.0 Å². The predicted octanol–water partition coefficient (Wildman–Crippen LogP) is 2.43. The lowest BCUT2D eigenvalue weighted by Gasteiger charge is -2.06. The fourth-order valence-corrected chi connectivity index (χ4v) is 0.969. The molecule has 0 unspecified atom stereocenters. The van der Waals surface area contributed by atoms with Gasteiger partial charge in [0.15, 0.2) is 5.43 Å². The summed E-state index contributed by atoms with van der Waals surface area (Å²) in [7, 11) is 0. The molecule has 2 nitrogen and oxygen atoms in total. The highest BCUT2D eigenvalue weighted by atomic mass is 19.4. The van der Waals surface area contributed by atoms with E-state index in [4.69, 9.17) is 0 Å². The molecule has 1 aromatic rings. The van der Waals surface area contributed by atoms with Crippen molar-refractivity contribution in [2.75, 3.05) is 0 Å². The van der Waals surface area contributed by atoms with Gasteiger partial charge < -0.3 is 4.98 Å². The van der Waals surface area contributed by atoms with Gasteiger partial charge in [-0.2, -0.15) is 13.2 Å². The lowest BCUT2D eigenvalue weighted by atomic mass is 10.1. The number of pyridine rings is 1. The molecule has 0 aliphatic carbocycles. The van der Waals surface area contributed by atoms with Crippen molar-refractivity contribution >= 4 is 5.57 Å². The van der Waals surface area contributed by atoms with Gasteiger partial charge in [-0.15, -0.1) is 0 Å². The van der Waals surface area contributed by atoms with Crippen molar-refractivity contribution in [3.63, 3.8) is 0 Å². The molecule has 76 valence electrons. The summed E-state index contributed by atoms with van der Waals surface area (Å²) >= 11 is 0. The molecule has 0 spiro atoms. The molecule has 0 aliphatic heterocycles. The van der Waals surface area contributed by atoms with Gasteiger partial charge in [-0.3, -0.25) is 4.79 Å². The van der Waals surface area contributed by atoms with Gasteiger partial charge in [0.2, 0.25) is 0 Å². The molecule has 0 amide bonds. The number of alkyl halides is 3. The van der Waals surface area contributed by atoms with Crippen LogP contribution in [0.15, 0.2) is 23.6 Å². The summed E-state index contributed by atoms with van der Waals surface area (Å²) in [6.07, 6.45) is -3.50. The van der Waals surface area contributed by atoms with E-state index in [0.29, 0.717) is 11.6 Å². The predicted molar refractivity (Wildman–Crippen MR) is 46.8 cm³/mol. The molecule has 1 N–H and O–H groups in total. The Labute approximate surface area is 78.1 Å². The highest BCUT2D eigenvalue weighted by Crippen LogP contribution is 2.26. The summed E-state index contributed by atoms with van der Waals surface area (Å²) in [6.45, 7) is 5.03. The Morgan fingerprint density at radius 2 is 2.07 bits per heavy atom. The van der Waals surface area contributed by atoms with Crippen LogP contribution in [-0.4, -0.2) is 4.98 Å². The Balaban J connectivity index is 3.27. The molecular formula is C9H8F3NO. The van der Waals surface area contributed by atoms with Gasteiger partial charge in [0.1, 0.15) is 5.69 Å². The molecular weight excluding hydrogens is 195 g/mol. The van der Waals surface area contributed by atoms with E-state index in [1.54, 1.807) is 6.92 Å². The van der Waals surface area contributed by atoms with Gasteiger partial charge in [-0.05, 0) is 12.5 Å². The highest BCUT2D eigenvalue weighted by molar-refractivity contribution is 5.60. The van der Waals surface area contributed by atoms with E-state index in [1.807, 2.05) is 4.98 Å². The van der Waals surface area contributed by atoms with Gasteiger partial charge >= 0.3 is 6.18 Å². The molecule has 0 saturated carbocycles. The lowest BCUT2D eigenvalue weighted by molar-refractivity contribution is -0.141. The van der Waals surface area contributed by atoms with Crippen molar-refractivity contribution in [2.24, 2.45) is 0 Å². The van der Waals surface area contributed by atoms with E-state index in [0.717, 1.165) is 6.20 Å². The van der Waals surface area contributed by atoms with E-state index < -0.39 is 17.3 Å². The van der Waals surface area contributed by atoms with Crippen molar-refractivity contribution in [3.8, 4) is 0 Å². The van der Waals surface area contributed by atoms with Crippen LogP contribution in [0.25, 0.3) is 5.57 Å². The molecule has 0 radical (unpaired) electrons. The first-order valence-electron chi connectivity index (χ1n) is 3.78. The fourth-order valence-electron chi connectivity index (χ4n) is 0.969. The molecule has 14 heavy (non-hydrogen) atoms. The van der Waals surface area contributed by atoms with Crippen molar-refractivity contribution in [2.45, 2.75) is 13.1 Å². The number of hydrogen-bond donors (Lipinski definition) is 1. The summed E-state index contributed by atoms with van der Waals surface area (Å²) < 4.78 is 36.3. The van der Waals surface area contributed by atoms with Crippen LogP contribution in [0.5, 0.6) is 0 Å². The first-order chi connectivity index (χ1) is 6.32. The third-order valence-electron chi connectivity index (χ3n) is 1.68.